The molecule has 0 bridgehead atoms. The van der Waals surface area contributed by atoms with Crippen LogP contribution in [0.1, 0.15) is 24.8 Å². The Morgan fingerprint density at radius 3 is 3.09 bits per heavy atom. The lowest BCUT2D eigenvalue weighted by Gasteiger charge is -2.23. The van der Waals surface area contributed by atoms with Crippen molar-refractivity contribution in [3.05, 3.63) is 29.8 Å². The van der Waals surface area contributed by atoms with E-state index < -0.39 is 6.04 Å². The summed E-state index contributed by atoms with van der Waals surface area (Å²) in [5, 5.41) is 0. The number of ether oxygens (including phenoxy) is 3. The summed E-state index contributed by atoms with van der Waals surface area (Å²) < 4.78 is 16.0. The maximum Gasteiger partial charge on any atom is 0.323 e. The molecule has 2 atom stereocenters. The van der Waals surface area contributed by atoms with E-state index in [0.717, 1.165) is 42.9 Å². The van der Waals surface area contributed by atoms with Gasteiger partial charge in [-0.1, -0.05) is 12.1 Å². The lowest BCUT2D eigenvalue weighted by atomic mass is 10.2. The zero-order valence-corrected chi connectivity index (χ0v) is 13.6. The van der Waals surface area contributed by atoms with Crippen LogP contribution in [0.2, 0.25) is 0 Å². The second-order valence-electron chi connectivity index (χ2n) is 5.21. The number of esters is 1. The van der Waals surface area contributed by atoms with Gasteiger partial charge in [0.15, 0.2) is 6.29 Å². The van der Waals surface area contributed by atoms with E-state index in [1.165, 1.54) is 7.11 Å². The van der Waals surface area contributed by atoms with E-state index in [0.29, 0.717) is 5.75 Å². The van der Waals surface area contributed by atoms with Gasteiger partial charge in [-0.2, -0.15) is 11.8 Å². The van der Waals surface area contributed by atoms with Gasteiger partial charge in [0.05, 0.1) is 13.7 Å². The molecule has 0 spiro atoms. The number of carbonyl (C=O) groups is 1. The zero-order valence-electron chi connectivity index (χ0n) is 12.8. The third-order valence-electron chi connectivity index (χ3n) is 3.37. The van der Waals surface area contributed by atoms with E-state index in [4.69, 9.17) is 15.2 Å². The molecule has 1 aliphatic heterocycles. The summed E-state index contributed by atoms with van der Waals surface area (Å²) in [4.78, 5) is 11.2. The summed E-state index contributed by atoms with van der Waals surface area (Å²) in [5.74, 6) is 1.75. The largest absolute Gasteiger partial charge is 0.468 e. The Kier molecular flexibility index (Phi) is 7.02. The SMILES string of the molecule is COC(=O)[C@H](N)CSCc1cccc(OC2CCCCO2)c1. The Hall–Kier alpha value is -1.24. The topological polar surface area (TPSA) is 70.8 Å². The quantitative estimate of drug-likeness (QED) is 0.776. The van der Waals surface area contributed by atoms with Crippen LogP contribution in [0, 0.1) is 0 Å². The first-order chi connectivity index (χ1) is 10.7. The van der Waals surface area contributed by atoms with Crippen molar-refractivity contribution in [2.24, 2.45) is 5.73 Å². The number of rotatable bonds is 7. The molecular weight excluding hydrogens is 302 g/mol. The molecular formula is C16H23NO4S. The van der Waals surface area contributed by atoms with Gasteiger partial charge in [-0.15, -0.1) is 0 Å². The summed E-state index contributed by atoms with van der Waals surface area (Å²) >= 11 is 1.60. The van der Waals surface area contributed by atoms with Crippen molar-refractivity contribution in [1.29, 1.82) is 0 Å². The standard InChI is InChI=1S/C16H23NO4S/c1-19-16(18)14(17)11-22-10-12-5-4-6-13(9-12)21-15-7-2-3-8-20-15/h4-6,9,14-15H,2-3,7-8,10-11,17H2,1H3/t14-,15?/m1/s1. The van der Waals surface area contributed by atoms with Gasteiger partial charge >= 0.3 is 5.97 Å². The second kappa shape index (κ2) is 9.02. The van der Waals surface area contributed by atoms with Crippen LogP contribution in [0.5, 0.6) is 5.75 Å². The normalized spacial score (nSPS) is 19.5. The summed E-state index contributed by atoms with van der Waals surface area (Å²) in [6.45, 7) is 0.769. The van der Waals surface area contributed by atoms with Crippen LogP contribution in [0.25, 0.3) is 0 Å². The fourth-order valence-corrected chi connectivity index (χ4v) is 3.11. The van der Waals surface area contributed by atoms with Crippen LogP contribution in [0.3, 0.4) is 0 Å². The van der Waals surface area contributed by atoms with Gasteiger partial charge in [-0.25, -0.2) is 0 Å². The molecule has 6 heteroatoms. The molecule has 1 heterocycles. The zero-order chi connectivity index (χ0) is 15.8. The van der Waals surface area contributed by atoms with E-state index in [-0.39, 0.29) is 12.3 Å². The fraction of sp³-hybridized carbons (Fsp3) is 0.562. The van der Waals surface area contributed by atoms with Crippen LogP contribution in [0.15, 0.2) is 24.3 Å². The molecule has 122 valence electrons. The first kappa shape index (κ1) is 17.1. The predicted octanol–water partition coefficient (Wildman–Crippen LogP) is 2.33. The van der Waals surface area contributed by atoms with Gasteiger partial charge < -0.3 is 19.9 Å². The molecule has 1 unspecified atom stereocenters. The molecule has 2 rings (SSSR count). The van der Waals surface area contributed by atoms with Gasteiger partial charge in [0, 0.05) is 17.9 Å². The molecule has 0 aliphatic carbocycles. The molecule has 1 fully saturated rings. The third-order valence-corrected chi connectivity index (χ3v) is 4.51. The van der Waals surface area contributed by atoms with E-state index in [1.54, 1.807) is 11.8 Å². The summed E-state index contributed by atoms with van der Waals surface area (Å²) in [7, 11) is 1.35. The highest BCUT2D eigenvalue weighted by molar-refractivity contribution is 7.98. The number of thioether (sulfide) groups is 1. The van der Waals surface area contributed by atoms with Crippen LogP contribution >= 0.6 is 11.8 Å². The van der Waals surface area contributed by atoms with Gasteiger partial charge in [0.2, 0.25) is 0 Å². The third kappa shape index (κ3) is 5.51. The summed E-state index contributed by atoms with van der Waals surface area (Å²) in [6, 6.07) is 7.37. The van der Waals surface area contributed by atoms with Crippen LogP contribution in [0.4, 0.5) is 0 Å². The van der Waals surface area contributed by atoms with Crippen molar-refractivity contribution in [2.75, 3.05) is 19.5 Å². The van der Waals surface area contributed by atoms with Gasteiger partial charge in [0.1, 0.15) is 11.8 Å². The summed E-state index contributed by atoms with van der Waals surface area (Å²) in [6.07, 6.45) is 3.06. The molecule has 1 aliphatic rings. The minimum Gasteiger partial charge on any atom is -0.468 e. The lowest BCUT2D eigenvalue weighted by molar-refractivity contribution is -0.141. The molecule has 0 aromatic heterocycles. The number of nitrogens with two attached hydrogens (primary N) is 1. The Balaban J connectivity index is 1.79. The first-order valence-electron chi connectivity index (χ1n) is 7.47. The highest BCUT2D eigenvalue weighted by atomic mass is 32.2. The number of methoxy groups -OCH3 is 1. The Morgan fingerprint density at radius 1 is 1.50 bits per heavy atom. The van der Waals surface area contributed by atoms with Crippen molar-refractivity contribution >= 4 is 17.7 Å². The van der Waals surface area contributed by atoms with Gasteiger partial charge in [-0.3, -0.25) is 4.79 Å². The van der Waals surface area contributed by atoms with E-state index >= 15 is 0 Å². The molecule has 0 saturated carbocycles. The number of carbonyl (C=O) groups excluding carboxylic acids is 1. The molecule has 0 amide bonds. The maximum absolute atomic E-state index is 11.2. The fourth-order valence-electron chi connectivity index (χ4n) is 2.19. The predicted molar refractivity (Wildman–Crippen MR) is 86.8 cm³/mol. The Labute approximate surface area is 135 Å². The van der Waals surface area contributed by atoms with Crippen molar-refractivity contribution < 1.29 is 19.0 Å². The molecule has 1 aromatic carbocycles. The van der Waals surface area contributed by atoms with Crippen molar-refractivity contribution in [2.45, 2.75) is 37.3 Å². The van der Waals surface area contributed by atoms with Crippen LogP contribution in [-0.4, -0.2) is 37.8 Å². The average molecular weight is 325 g/mol. The number of hydrogen-bond acceptors (Lipinski definition) is 6. The molecule has 22 heavy (non-hydrogen) atoms. The second-order valence-corrected chi connectivity index (χ2v) is 6.24. The minimum atomic E-state index is -0.579. The molecule has 2 N–H and O–H groups in total. The van der Waals surface area contributed by atoms with Crippen molar-refractivity contribution in [3.8, 4) is 5.75 Å². The van der Waals surface area contributed by atoms with Gasteiger partial charge in [0.25, 0.3) is 0 Å². The summed E-state index contributed by atoms with van der Waals surface area (Å²) in [5.41, 5.74) is 6.84. The first-order valence-corrected chi connectivity index (χ1v) is 8.63. The maximum atomic E-state index is 11.2. The van der Waals surface area contributed by atoms with E-state index in [1.807, 2.05) is 24.3 Å². The molecule has 5 nitrogen and oxygen atoms in total. The highest BCUT2D eigenvalue weighted by Gasteiger charge is 2.16. The number of benzene rings is 1. The van der Waals surface area contributed by atoms with Crippen LogP contribution < -0.4 is 10.5 Å². The van der Waals surface area contributed by atoms with Crippen molar-refractivity contribution in [3.63, 3.8) is 0 Å². The van der Waals surface area contributed by atoms with Gasteiger partial charge in [-0.05, 0) is 30.5 Å². The molecule has 1 saturated heterocycles. The van der Waals surface area contributed by atoms with Crippen molar-refractivity contribution in [1.82, 2.24) is 0 Å². The number of hydrogen-bond donors (Lipinski definition) is 1. The van der Waals surface area contributed by atoms with E-state index in [9.17, 15) is 4.79 Å². The average Bonchev–Trinajstić information content (AvgIpc) is 2.55. The Morgan fingerprint density at radius 2 is 2.36 bits per heavy atom. The smallest absolute Gasteiger partial charge is 0.323 e. The van der Waals surface area contributed by atoms with E-state index in [2.05, 4.69) is 4.74 Å². The molecule has 1 aromatic rings. The highest BCUT2D eigenvalue weighted by Crippen LogP contribution is 2.22. The Bertz CT molecular complexity index is 477. The molecule has 0 radical (unpaired) electrons. The lowest BCUT2D eigenvalue weighted by Crippen LogP contribution is -2.33. The minimum absolute atomic E-state index is 0.135. The van der Waals surface area contributed by atoms with Crippen LogP contribution in [-0.2, 0) is 20.0 Å². The monoisotopic (exact) mass is 325 g/mol.